The van der Waals surface area contributed by atoms with Crippen LogP contribution < -0.4 is 25.8 Å². The van der Waals surface area contributed by atoms with Gasteiger partial charge in [0.15, 0.2) is 0 Å². The van der Waals surface area contributed by atoms with Crippen molar-refractivity contribution in [3.63, 3.8) is 0 Å². The lowest BCUT2D eigenvalue weighted by molar-refractivity contribution is -0.129. The van der Waals surface area contributed by atoms with Crippen molar-refractivity contribution in [2.75, 3.05) is 6.54 Å². The number of rotatable bonds is 11. The quantitative estimate of drug-likeness (QED) is 0.201. The van der Waals surface area contributed by atoms with E-state index in [1.165, 1.54) is 5.56 Å². The summed E-state index contributed by atoms with van der Waals surface area (Å²) in [7, 11) is 0. The highest BCUT2D eigenvalue weighted by molar-refractivity contribution is 5.89. The van der Waals surface area contributed by atoms with E-state index in [0.29, 0.717) is 18.0 Å². The maximum Gasteiger partial charge on any atom is 0.519 e. The van der Waals surface area contributed by atoms with E-state index in [-0.39, 0.29) is 12.3 Å². The molecule has 0 spiro atoms. The lowest BCUT2D eigenvalue weighted by Gasteiger charge is -2.19. The molecule has 0 aliphatic rings. The normalized spacial score (nSPS) is 12.2. The molecule has 2 atom stereocenters. The molecule has 38 heavy (non-hydrogen) atoms. The second-order valence-electron chi connectivity index (χ2n) is 9.22. The highest BCUT2D eigenvalue weighted by Gasteiger charge is 2.22. The largest absolute Gasteiger partial charge is 0.519 e. The van der Waals surface area contributed by atoms with Crippen molar-refractivity contribution in [1.29, 1.82) is 0 Å². The van der Waals surface area contributed by atoms with Crippen LogP contribution in [-0.2, 0) is 22.4 Å². The second-order valence-corrected chi connectivity index (χ2v) is 9.22. The number of nitrogens with one attached hydrogen (secondary N) is 2. The topological polar surface area (TPSA) is 120 Å². The first-order valence-corrected chi connectivity index (χ1v) is 12.7. The summed E-state index contributed by atoms with van der Waals surface area (Å²) >= 11 is 0. The monoisotopic (exact) mass is 517 g/mol. The molecule has 8 nitrogen and oxygen atoms in total. The third-order valence-corrected chi connectivity index (χ3v) is 6.11. The van der Waals surface area contributed by atoms with Crippen LogP contribution in [0.2, 0.25) is 0 Å². The number of carbonyl (C=O) groups excluding carboxylic acids is 3. The number of carbonyl (C=O) groups is 3. The number of benzene rings is 3. The van der Waals surface area contributed by atoms with E-state index in [1.807, 2.05) is 38.1 Å². The Morgan fingerprint density at radius 3 is 2.05 bits per heavy atom. The van der Waals surface area contributed by atoms with Crippen LogP contribution in [0.1, 0.15) is 35.6 Å². The van der Waals surface area contributed by atoms with Gasteiger partial charge < -0.3 is 25.8 Å². The van der Waals surface area contributed by atoms with E-state index in [1.54, 1.807) is 43.3 Å². The van der Waals surface area contributed by atoms with Crippen molar-refractivity contribution in [2.45, 2.75) is 52.1 Å². The second kappa shape index (κ2) is 13.9. The molecule has 8 heteroatoms. The van der Waals surface area contributed by atoms with E-state index < -0.39 is 24.1 Å². The van der Waals surface area contributed by atoms with Crippen LogP contribution in [0.4, 0.5) is 4.79 Å². The lowest BCUT2D eigenvalue weighted by Crippen LogP contribution is -2.51. The highest BCUT2D eigenvalue weighted by Crippen LogP contribution is 2.24. The number of hydrogen-bond donors (Lipinski definition) is 3. The van der Waals surface area contributed by atoms with Crippen LogP contribution in [0.25, 0.3) is 0 Å². The minimum atomic E-state index is -0.851. The van der Waals surface area contributed by atoms with E-state index in [2.05, 4.69) is 22.8 Å². The van der Waals surface area contributed by atoms with Crippen LogP contribution in [-0.4, -0.2) is 36.6 Å². The molecule has 3 aromatic carbocycles. The van der Waals surface area contributed by atoms with Gasteiger partial charge in [0.05, 0.1) is 6.04 Å². The number of nitrogens with two attached hydrogens (primary N) is 1. The van der Waals surface area contributed by atoms with Gasteiger partial charge in [0, 0.05) is 6.54 Å². The van der Waals surface area contributed by atoms with Gasteiger partial charge in [0.25, 0.3) is 0 Å². The molecule has 0 aromatic heterocycles. The summed E-state index contributed by atoms with van der Waals surface area (Å²) in [6, 6.07) is 20.5. The average Bonchev–Trinajstić information content (AvgIpc) is 2.89. The molecule has 2 amide bonds. The van der Waals surface area contributed by atoms with Crippen molar-refractivity contribution in [1.82, 2.24) is 10.6 Å². The van der Waals surface area contributed by atoms with Crippen LogP contribution >= 0.6 is 0 Å². The van der Waals surface area contributed by atoms with Crippen LogP contribution in [0.5, 0.6) is 11.5 Å². The first kappa shape index (κ1) is 28.4. The fourth-order valence-electron chi connectivity index (χ4n) is 4.04. The van der Waals surface area contributed by atoms with Crippen molar-refractivity contribution in [3.8, 4) is 11.5 Å². The molecule has 0 radical (unpaired) electrons. The average molecular weight is 518 g/mol. The molecule has 0 bridgehead atoms. The predicted molar refractivity (Wildman–Crippen MR) is 146 cm³/mol. The van der Waals surface area contributed by atoms with Gasteiger partial charge in [-0.3, -0.25) is 9.59 Å². The van der Waals surface area contributed by atoms with E-state index in [4.69, 9.17) is 15.2 Å². The Kier molecular flexibility index (Phi) is 10.4. The van der Waals surface area contributed by atoms with Crippen LogP contribution in [0.3, 0.4) is 0 Å². The number of para-hydroxylation sites is 1. The van der Waals surface area contributed by atoms with Gasteiger partial charge in [-0.05, 0) is 86.6 Å². The van der Waals surface area contributed by atoms with Crippen molar-refractivity contribution < 1.29 is 23.9 Å². The van der Waals surface area contributed by atoms with Gasteiger partial charge in [-0.1, -0.05) is 48.5 Å². The first-order valence-electron chi connectivity index (χ1n) is 12.7. The highest BCUT2D eigenvalue weighted by atomic mass is 16.7. The fraction of sp³-hybridized carbons (Fsp3) is 0.300. The molecule has 3 aromatic rings. The Balaban J connectivity index is 1.47. The molecule has 0 aliphatic carbocycles. The maximum atomic E-state index is 12.7. The fourth-order valence-corrected chi connectivity index (χ4v) is 4.04. The SMILES string of the molecule is Cc1cc(OC(=O)Oc2ccccc2)cc(C)c1C[C@H](N)C(=O)N[C@H](C)C(=O)NCCCc1ccccc1. The molecule has 0 saturated heterocycles. The summed E-state index contributed by atoms with van der Waals surface area (Å²) in [6.07, 6.45) is 1.09. The van der Waals surface area contributed by atoms with Crippen molar-refractivity contribution in [3.05, 3.63) is 95.1 Å². The van der Waals surface area contributed by atoms with Gasteiger partial charge in [-0.25, -0.2) is 4.79 Å². The summed E-state index contributed by atoms with van der Waals surface area (Å²) in [4.78, 5) is 37.2. The Labute approximate surface area is 223 Å². The van der Waals surface area contributed by atoms with Gasteiger partial charge in [0.2, 0.25) is 11.8 Å². The zero-order valence-corrected chi connectivity index (χ0v) is 22.0. The summed E-state index contributed by atoms with van der Waals surface area (Å²) in [5.41, 5.74) is 9.90. The summed E-state index contributed by atoms with van der Waals surface area (Å²) < 4.78 is 10.5. The van der Waals surface area contributed by atoms with Gasteiger partial charge >= 0.3 is 6.16 Å². The molecule has 0 fully saturated rings. The molecule has 0 unspecified atom stereocenters. The summed E-state index contributed by atoms with van der Waals surface area (Å²) in [5, 5.41) is 5.55. The Bertz CT molecular complexity index is 1210. The molecule has 0 aliphatic heterocycles. The van der Waals surface area contributed by atoms with E-state index >= 15 is 0 Å². The Morgan fingerprint density at radius 2 is 1.42 bits per heavy atom. The molecular weight excluding hydrogens is 482 g/mol. The van der Waals surface area contributed by atoms with E-state index in [0.717, 1.165) is 29.5 Å². The number of amides is 2. The minimum absolute atomic E-state index is 0.255. The van der Waals surface area contributed by atoms with Crippen molar-refractivity contribution >= 4 is 18.0 Å². The lowest BCUT2D eigenvalue weighted by atomic mass is 9.96. The number of ether oxygens (including phenoxy) is 2. The molecule has 3 rings (SSSR count). The van der Waals surface area contributed by atoms with Gasteiger partial charge in [-0.15, -0.1) is 0 Å². The summed E-state index contributed by atoms with van der Waals surface area (Å²) in [6.45, 7) is 5.86. The smallest absolute Gasteiger partial charge is 0.395 e. The molecule has 0 saturated carbocycles. The van der Waals surface area contributed by atoms with Gasteiger partial charge in [-0.2, -0.15) is 0 Å². The van der Waals surface area contributed by atoms with Crippen LogP contribution in [0.15, 0.2) is 72.8 Å². The van der Waals surface area contributed by atoms with E-state index in [9.17, 15) is 14.4 Å². The molecule has 0 heterocycles. The number of aryl methyl sites for hydroxylation is 3. The van der Waals surface area contributed by atoms with Crippen LogP contribution in [0, 0.1) is 13.8 Å². The third kappa shape index (κ3) is 8.74. The molecular formula is C30H35N3O5. The summed E-state index contributed by atoms with van der Waals surface area (Å²) in [5.74, 6) is 0.0484. The predicted octanol–water partition coefficient (Wildman–Crippen LogP) is 4.00. The zero-order valence-electron chi connectivity index (χ0n) is 22.0. The standard InChI is InChI=1S/C30H35N3O5/c1-20-17-25(38-30(36)37-24-14-8-5-9-15-24)18-21(2)26(20)19-27(31)29(35)33-22(3)28(34)32-16-10-13-23-11-6-4-7-12-23/h4-9,11-12,14-15,17-18,22,27H,10,13,16,19,31H2,1-3H3,(H,32,34)(H,33,35)/t22-,27+/m1/s1. The molecule has 4 N–H and O–H groups in total. The molecule has 200 valence electrons. The maximum absolute atomic E-state index is 12.7. The number of hydrogen-bond acceptors (Lipinski definition) is 6. The minimum Gasteiger partial charge on any atom is -0.395 e. The third-order valence-electron chi connectivity index (χ3n) is 6.11. The first-order chi connectivity index (χ1) is 18.2. The van der Waals surface area contributed by atoms with Gasteiger partial charge in [0.1, 0.15) is 17.5 Å². The Morgan fingerprint density at radius 1 is 0.842 bits per heavy atom. The zero-order chi connectivity index (χ0) is 27.5. The van der Waals surface area contributed by atoms with Crippen molar-refractivity contribution in [2.24, 2.45) is 5.73 Å². The Hall–Kier alpha value is -4.17.